The summed E-state index contributed by atoms with van der Waals surface area (Å²) in [6, 6.07) is 28.1. The lowest BCUT2D eigenvalue weighted by Crippen LogP contribution is -2.51. The number of hydrogen-bond acceptors (Lipinski definition) is 3. The fourth-order valence-electron chi connectivity index (χ4n) is 4.25. The number of amides is 2. The van der Waals surface area contributed by atoms with Crippen molar-refractivity contribution in [3.05, 3.63) is 112 Å². The highest BCUT2D eigenvalue weighted by Crippen LogP contribution is 2.33. The van der Waals surface area contributed by atoms with Crippen LogP contribution >= 0.6 is 27.5 Å². The van der Waals surface area contributed by atoms with Crippen LogP contribution in [-0.4, -0.2) is 35.9 Å². The maximum atomic E-state index is 13.8. The Bertz CT molecular complexity index is 1380. The van der Waals surface area contributed by atoms with Crippen molar-refractivity contribution in [2.24, 2.45) is 0 Å². The van der Waals surface area contributed by atoms with Crippen molar-refractivity contribution >= 4 is 50.1 Å². The van der Waals surface area contributed by atoms with Crippen LogP contribution in [-0.2, 0) is 22.6 Å². The van der Waals surface area contributed by atoms with E-state index < -0.39 is 6.04 Å². The van der Waals surface area contributed by atoms with Crippen molar-refractivity contribution in [2.45, 2.75) is 32.4 Å². The van der Waals surface area contributed by atoms with E-state index in [1.165, 1.54) is 0 Å². The minimum Gasteiger partial charge on any atom is -0.483 e. The van der Waals surface area contributed by atoms with Crippen LogP contribution in [0.4, 0.5) is 0 Å². The molecule has 0 bridgehead atoms. The first kappa shape index (κ1) is 27.7. The van der Waals surface area contributed by atoms with Crippen LogP contribution in [0.1, 0.15) is 24.5 Å². The van der Waals surface area contributed by atoms with Gasteiger partial charge in [0.1, 0.15) is 11.8 Å². The molecule has 0 aliphatic heterocycles. The van der Waals surface area contributed by atoms with Crippen LogP contribution in [0.15, 0.2) is 95.5 Å². The van der Waals surface area contributed by atoms with Crippen LogP contribution in [0, 0.1) is 0 Å². The third-order valence-electron chi connectivity index (χ3n) is 6.27. The summed E-state index contributed by atoms with van der Waals surface area (Å²) in [6.45, 7) is 2.57. The van der Waals surface area contributed by atoms with Gasteiger partial charge in [0, 0.05) is 24.5 Å². The van der Waals surface area contributed by atoms with Gasteiger partial charge in [-0.05, 0) is 62.4 Å². The zero-order valence-corrected chi connectivity index (χ0v) is 23.5. The number of halogens is 2. The maximum Gasteiger partial charge on any atom is 0.261 e. The van der Waals surface area contributed by atoms with E-state index in [-0.39, 0.29) is 25.0 Å². The number of nitrogens with one attached hydrogen (secondary N) is 1. The first-order chi connectivity index (χ1) is 18.5. The third kappa shape index (κ3) is 7.15. The van der Waals surface area contributed by atoms with Crippen molar-refractivity contribution in [2.75, 3.05) is 13.2 Å². The Balaban J connectivity index is 1.62. The van der Waals surface area contributed by atoms with Gasteiger partial charge in [0.25, 0.3) is 5.91 Å². The fourth-order valence-corrected chi connectivity index (χ4v) is 4.99. The molecule has 38 heavy (non-hydrogen) atoms. The Morgan fingerprint density at radius 1 is 0.921 bits per heavy atom. The van der Waals surface area contributed by atoms with E-state index in [2.05, 4.69) is 21.2 Å². The molecule has 196 valence electrons. The van der Waals surface area contributed by atoms with E-state index in [1.807, 2.05) is 85.8 Å². The zero-order valence-electron chi connectivity index (χ0n) is 21.2. The smallest absolute Gasteiger partial charge is 0.261 e. The van der Waals surface area contributed by atoms with E-state index in [0.29, 0.717) is 23.7 Å². The summed E-state index contributed by atoms with van der Waals surface area (Å²) in [4.78, 5) is 28.8. The van der Waals surface area contributed by atoms with Crippen molar-refractivity contribution in [1.29, 1.82) is 0 Å². The van der Waals surface area contributed by atoms with Gasteiger partial charge in [0.2, 0.25) is 5.91 Å². The molecule has 4 rings (SSSR count). The maximum absolute atomic E-state index is 13.8. The summed E-state index contributed by atoms with van der Waals surface area (Å²) in [6.07, 6.45) is 1.18. The zero-order chi connectivity index (χ0) is 26.9. The Morgan fingerprint density at radius 3 is 2.37 bits per heavy atom. The van der Waals surface area contributed by atoms with Gasteiger partial charge < -0.3 is 15.0 Å². The molecular formula is C31H30BrClN2O3. The standard InChI is InChI=1S/C31H30BrClN2O3/c1-2-18-34-31(37)27(19-22-8-4-3-5-9-22)35(20-23-12-15-25(33)16-13-23)29(36)21-38-28-17-14-24-10-6-7-11-26(24)30(28)32/h3-17,27H,2,18-21H2,1H3,(H,34,37)/t27-/m1/s1. The normalized spacial score (nSPS) is 11.7. The quantitative estimate of drug-likeness (QED) is 0.208. The molecule has 0 aliphatic rings. The average molecular weight is 594 g/mol. The Morgan fingerprint density at radius 2 is 1.63 bits per heavy atom. The summed E-state index contributed by atoms with van der Waals surface area (Å²) in [5.41, 5.74) is 1.84. The second kappa shape index (κ2) is 13.4. The molecule has 1 atom stereocenters. The van der Waals surface area contributed by atoms with E-state index >= 15 is 0 Å². The van der Waals surface area contributed by atoms with Gasteiger partial charge in [0.15, 0.2) is 6.61 Å². The Labute approximate surface area is 236 Å². The lowest BCUT2D eigenvalue weighted by molar-refractivity contribution is -0.142. The fraction of sp³-hybridized carbons (Fsp3) is 0.226. The van der Waals surface area contributed by atoms with Crippen LogP contribution in [0.3, 0.4) is 0 Å². The number of hydrogen-bond donors (Lipinski definition) is 1. The topological polar surface area (TPSA) is 58.6 Å². The molecule has 0 aromatic heterocycles. The molecule has 4 aromatic rings. The number of carbonyl (C=O) groups excluding carboxylic acids is 2. The monoisotopic (exact) mass is 592 g/mol. The van der Waals surface area contributed by atoms with Crippen LogP contribution in [0.2, 0.25) is 5.02 Å². The lowest BCUT2D eigenvalue weighted by atomic mass is 10.0. The minimum atomic E-state index is -0.712. The van der Waals surface area contributed by atoms with Gasteiger partial charge >= 0.3 is 0 Å². The number of benzene rings is 4. The average Bonchev–Trinajstić information content (AvgIpc) is 2.94. The molecule has 0 spiro atoms. The van der Waals surface area contributed by atoms with E-state index in [4.69, 9.17) is 16.3 Å². The molecule has 0 fully saturated rings. The second-order valence-corrected chi connectivity index (χ2v) is 10.3. The largest absolute Gasteiger partial charge is 0.483 e. The molecule has 7 heteroatoms. The third-order valence-corrected chi connectivity index (χ3v) is 7.34. The minimum absolute atomic E-state index is 0.190. The second-order valence-electron chi connectivity index (χ2n) is 9.03. The van der Waals surface area contributed by atoms with Crippen molar-refractivity contribution < 1.29 is 14.3 Å². The first-order valence-electron chi connectivity index (χ1n) is 12.6. The molecule has 2 amide bonds. The highest BCUT2D eigenvalue weighted by molar-refractivity contribution is 9.10. The Kier molecular flexibility index (Phi) is 9.79. The van der Waals surface area contributed by atoms with Gasteiger partial charge in [-0.2, -0.15) is 0 Å². The number of fused-ring (bicyclic) bond motifs is 1. The lowest BCUT2D eigenvalue weighted by Gasteiger charge is -2.31. The summed E-state index contributed by atoms with van der Waals surface area (Å²) in [7, 11) is 0. The van der Waals surface area contributed by atoms with Gasteiger partial charge in [-0.15, -0.1) is 0 Å². The summed E-state index contributed by atoms with van der Waals surface area (Å²) in [5.74, 6) is 0.0935. The number of nitrogens with zero attached hydrogens (tertiary/aromatic N) is 1. The summed E-state index contributed by atoms with van der Waals surface area (Å²) in [5, 5.41) is 5.66. The van der Waals surface area contributed by atoms with Crippen LogP contribution < -0.4 is 10.1 Å². The summed E-state index contributed by atoms with van der Waals surface area (Å²) < 4.78 is 6.80. The molecule has 0 radical (unpaired) electrons. The highest BCUT2D eigenvalue weighted by Gasteiger charge is 2.30. The highest BCUT2D eigenvalue weighted by atomic mass is 79.9. The molecule has 1 N–H and O–H groups in total. The molecule has 0 unspecified atom stereocenters. The van der Waals surface area contributed by atoms with Gasteiger partial charge in [-0.3, -0.25) is 9.59 Å². The summed E-state index contributed by atoms with van der Waals surface area (Å²) >= 11 is 9.72. The molecule has 5 nitrogen and oxygen atoms in total. The first-order valence-corrected chi connectivity index (χ1v) is 13.8. The van der Waals surface area contributed by atoms with Crippen LogP contribution in [0.25, 0.3) is 10.8 Å². The number of ether oxygens (including phenoxy) is 1. The van der Waals surface area contributed by atoms with Crippen molar-refractivity contribution in [1.82, 2.24) is 10.2 Å². The molecule has 4 aromatic carbocycles. The molecule has 0 aliphatic carbocycles. The van der Waals surface area contributed by atoms with Crippen LogP contribution in [0.5, 0.6) is 5.75 Å². The number of carbonyl (C=O) groups is 2. The van der Waals surface area contributed by atoms with Crippen molar-refractivity contribution in [3.8, 4) is 5.75 Å². The van der Waals surface area contributed by atoms with Crippen molar-refractivity contribution in [3.63, 3.8) is 0 Å². The van der Waals surface area contributed by atoms with E-state index in [1.54, 1.807) is 17.0 Å². The van der Waals surface area contributed by atoms with E-state index in [9.17, 15) is 9.59 Å². The molecular weight excluding hydrogens is 564 g/mol. The predicted molar refractivity (Wildman–Crippen MR) is 156 cm³/mol. The molecule has 0 saturated carbocycles. The van der Waals surface area contributed by atoms with Gasteiger partial charge in [-0.1, -0.05) is 91.3 Å². The SMILES string of the molecule is CCCNC(=O)[C@@H](Cc1ccccc1)N(Cc1ccc(Cl)cc1)C(=O)COc1ccc2ccccc2c1Br. The number of rotatable bonds is 11. The van der Waals surface area contributed by atoms with E-state index in [0.717, 1.165) is 32.8 Å². The van der Waals surface area contributed by atoms with Gasteiger partial charge in [-0.25, -0.2) is 0 Å². The van der Waals surface area contributed by atoms with Gasteiger partial charge in [0.05, 0.1) is 4.47 Å². The Hall–Kier alpha value is -3.35. The molecule has 0 heterocycles. The molecule has 0 saturated heterocycles. The predicted octanol–water partition coefficient (Wildman–Crippen LogP) is 6.80.